The first-order valence-electron chi connectivity index (χ1n) is 11.9. The van der Waals surface area contributed by atoms with Crippen LogP contribution < -0.4 is 4.74 Å². The Hall–Kier alpha value is -3.35. The third kappa shape index (κ3) is 9.81. The van der Waals surface area contributed by atoms with Gasteiger partial charge in [0.15, 0.2) is 11.5 Å². The summed E-state index contributed by atoms with van der Waals surface area (Å²) < 4.78 is 13.0. The monoisotopic (exact) mass is 477 g/mol. The molecule has 0 amide bonds. The number of allylic oxidation sites excluding steroid dienone is 2. The van der Waals surface area contributed by atoms with Crippen LogP contribution in [0, 0.1) is 0 Å². The van der Waals surface area contributed by atoms with Crippen LogP contribution in [0.25, 0.3) is 17.3 Å². The van der Waals surface area contributed by atoms with Crippen LogP contribution in [-0.2, 0) is 11.2 Å². The molecule has 1 N–H and O–H groups in total. The highest BCUT2D eigenvalue weighted by Crippen LogP contribution is 2.30. The number of hydrogen-bond acceptors (Lipinski definition) is 5. The smallest absolute Gasteiger partial charge is 0.161 e. The van der Waals surface area contributed by atoms with Crippen LogP contribution in [0.5, 0.6) is 11.5 Å². The molecule has 188 valence electrons. The molecule has 0 aliphatic rings. The van der Waals surface area contributed by atoms with E-state index in [9.17, 15) is 5.11 Å². The minimum atomic E-state index is 0.109. The molecular formula is C29H39N3O3. The lowest BCUT2D eigenvalue weighted by atomic mass is 10.1. The lowest BCUT2D eigenvalue weighted by Crippen LogP contribution is -2.18. The van der Waals surface area contributed by atoms with Gasteiger partial charge in [-0.15, -0.1) is 0 Å². The second kappa shape index (κ2) is 14.8. The van der Waals surface area contributed by atoms with Crippen LogP contribution in [0.3, 0.4) is 0 Å². The molecule has 0 atom stereocenters. The van der Waals surface area contributed by atoms with E-state index >= 15 is 0 Å². The fourth-order valence-corrected chi connectivity index (χ4v) is 3.29. The van der Waals surface area contributed by atoms with Gasteiger partial charge in [-0.1, -0.05) is 56.3 Å². The molecule has 3 aromatic rings. The van der Waals surface area contributed by atoms with Gasteiger partial charge in [0.2, 0.25) is 0 Å². The fourth-order valence-electron chi connectivity index (χ4n) is 3.29. The Morgan fingerprint density at radius 1 is 1.11 bits per heavy atom. The van der Waals surface area contributed by atoms with Crippen molar-refractivity contribution in [3.05, 3.63) is 84.5 Å². The number of aromatic hydroxyl groups is 1. The minimum Gasteiger partial charge on any atom is -0.504 e. The van der Waals surface area contributed by atoms with E-state index in [1.165, 1.54) is 18.4 Å². The van der Waals surface area contributed by atoms with E-state index in [0.717, 1.165) is 22.7 Å². The van der Waals surface area contributed by atoms with Crippen molar-refractivity contribution in [3.8, 4) is 11.5 Å². The number of phenolic OH excluding ortho intramolecular Hbond substituents is 1. The molecule has 0 fully saturated rings. The Morgan fingerprint density at radius 3 is 2.51 bits per heavy atom. The van der Waals surface area contributed by atoms with Gasteiger partial charge >= 0.3 is 0 Å². The van der Waals surface area contributed by atoms with Crippen LogP contribution in [0.15, 0.2) is 67.5 Å². The molecular weight excluding hydrogens is 438 g/mol. The van der Waals surface area contributed by atoms with Crippen LogP contribution in [0.4, 0.5) is 0 Å². The normalized spacial score (nSPS) is 11.2. The Labute approximate surface area is 210 Å². The largest absolute Gasteiger partial charge is 0.504 e. The van der Waals surface area contributed by atoms with Crippen molar-refractivity contribution >= 4 is 17.3 Å². The van der Waals surface area contributed by atoms with Crippen molar-refractivity contribution in [2.45, 2.75) is 33.6 Å². The summed E-state index contributed by atoms with van der Waals surface area (Å²) in [5, 5.41) is 10.0. The molecule has 1 aromatic heterocycles. The van der Waals surface area contributed by atoms with Gasteiger partial charge in [0, 0.05) is 18.1 Å². The summed E-state index contributed by atoms with van der Waals surface area (Å²) in [6.45, 7) is 11.4. The molecule has 0 aliphatic carbocycles. The Morgan fingerprint density at radius 2 is 1.86 bits per heavy atom. The van der Waals surface area contributed by atoms with Gasteiger partial charge in [0.1, 0.15) is 12.4 Å². The first kappa shape index (κ1) is 27.9. The summed E-state index contributed by atoms with van der Waals surface area (Å²) in [7, 11) is 3.87. The van der Waals surface area contributed by atoms with Gasteiger partial charge in [0.25, 0.3) is 0 Å². The Bertz CT molecular complexity index is 1070. The maximum atomic E-state index is 10.0. The Balaban J connectivity index is 0.000000402. The molecule has 0 spiro atoms. The topological polar surface area (TPSA) is 59.8 Å². The second-order valence-corrected chi connectivity index (χ2v) is 8.60. The highest BCUT2D eigenvalue weighted by Gasteiger charge is 2.07. The number of benzene rings is 2. The molecule has 0 bridgehead atoms. The SMILES string of the molecule is C=C(C)n1ccnc1/C=C(\C)c1ccc(O)c(OCCOCN(C)C)c1.CCCc1ccccc1. The van der Waals surface area contributed by atoms with E-state index in [1.807, 2.05) is 61.8 Å². The minimum absolute atomic E-state index is 0.109. The number of ether oxygens (including phenoxy) is 2. The molecule has 0 aliphatic heterocycles. The van der Waals surface area contributed by atoms with E-state index in [2.05, 4.69) is 48.8 Å². The fraction of sp³-hybridized carbons (Fsp3) is 0.345. The number of aryl methyl sites for hydroxylation is 1. The average molecular weight is 478 g/mol. The van der Waals surface area contributed by atoms with Crippen LogP contribution >= 0.6 is 0 Å². The van der Waals surface area contributed by atoms with Gasteiger partial charge in [0.05, 0.1) is 13.3 Å². The molecule has 35 heavy (non-hydrogen) atoms. The highest BCUT2D eigenvalue weighted by atomic mass is 16.5. The molecule has 2 aromatic carbocycles. The summed E-state index contributed by atoms with van der Waals surface area (Å²) in [4.78, 5) is 6.28. The predicted octanol–water partition coefficient (Wildman–Crippen LogP) is 6.19. The highest BCUT2D eigenvalue weighted by molar-refractivity contribution is 5.80. The molecule has 1 heterocycles. The zero-order valence-electron chi connectivity index (χ0n) is 21.7. The van der Waals surface area contributed by atoms with Crippen molar-refractivity contribution in [2.75, 3.05) is 34.0 Å². The Kier molecular flexibility index (Phi) is 11.8. The van der Waals surface area contributed by atoms with Gasteiger partial charge < -0.3 is 19.1 Å². The third-order valence-electron chi connectivity index (χ3n) is 5.06. The average Bonchev–Trinajstić information content (AvgIpc) is 3.29. The van der Waals surface area contributed by atoms with E-state index in [-0.39, 0.29) is 5.75 Å². The number of hydrogen-bond donors (Lipinski definition) is 1. The van der Waals surface area contributed by atoms with Crippen LogP contribution in [-0.4, -0.2) is 53.6 Å². The summed E-state index contributed by atoms with van der Waals surface area (Å²) >= 11 is 0. The van der Waals surface area contributed by atoms with E-state index in [4.69, 9.17) is 9.47 Å². The van der Waals surface area contributed by atoms with Gasteiger partial charge in [-0.25, -0.2) is 4.98 Å². The number of nitrogens with zero attached hydrogens (tertiary/aromatic N) is 3. The molecule has 0 unspecified atom stereocenters. The lowest BCUT2D eigenvalue weighted by Gasteiger charge is -2.13. The zero-order chi connectivity index (χ0) is 25.6. The molecule has 0 saturated heterocycles. The number of rotatable bonds is 11. The lowest BCUT2D eigenvalue weighted by molar-refractivity contribution is 0.0380. The summed E-state index contributed by atoms with van der Waals surface area (Å²) in [5.74, 6) is 1.35. The first-order chi connectivity index (χ1) is 16.8. The van der Waals surface area contributed by atoms with Crippen LogP contribution in [0.2, 0.25) is 0 Å². The summed E-state index contributed by atoms with van der Waals surface area (Å²) in [6.07, 6.45) is 8.04. The molecule has 6 nitrogen and oxygen atoms in total. The quantitative estimate of drug-likeness (QED) is 0.263. The molecule has 6 heteroatoms. The van der Waals surface area contributed by atoms with E-state index in [1.54, 1.807) is 12.3 Å². The standard InChI is InChI=1S/C20H27N3O3.C9H12/c1-15(2)23-9-8-21-20(23)12-16(3)17-6-7-18(24)19(13-17)26-11-10-25-14-22(4)5;1-2-6-9-7-4-3-5-8-9/h6-9,12-13,24H,1,10-11,14H2,2-5H3;3-5,7-8H,2,6H2,1H3/b16-12+;. The van der Waals surface area contributed by atoms with E-state index < -0.39 is 0 Å². The van der Waals surface area contributed by atoms with Crippen molar-refractivity contribution in [2.24, 2.45) is 0 Å². The van der Waals surface area contributed by atoms with Gasteiger partial charge in [-0.2, -0.15) is 0 Å². The van der Waals surface area contributed by atoms with Gasteiger partial charge in [-0.05, 0) is 69.3 Å². The maximum Gasteiger partial charge on any atom is 0.161 e. The number of phenols is 1. The zero-order valence-corrected chi connectivity index (χ0v) is 21.7. The predicted molar refractivity (Wildman–Crippen MR) is 145 cm³/mol. The molecule has 0 radical (unpaired) electrons. The van der Waals surface area contributed by atoms with Crippen molar-refractivity contribution in [1.29, 1.82) is 0 Å². The first-order valence-corrected chi connectivity index (χ1v) is 11.9. The molecule has 3 rings (SSSR count). The van der Waals surface area contributed by atoms with Crippen molar-refractivity contribution in [3.63, 3.8) is 0 Å². The summed E-state index contributed by atoms with van der Waals surface area (Å²) in [5.41, 5.74) is 4.30. The second-order valence-electron chi connectivity index (χ2n) is 8.60. The van der Waals surface area contributed by atoms with Gasteiger partial charge in [-0.3, -0.25) is 4.90 Å². The van der Waals surface area contributed by atoms with Crippen LogP contribution in [0.1, 0.15) is 44.1 Å². The van der Waals surface area contributed by atoms with Crippen molar-refractivity contribution < 1.29 is 14.6 Å². The third-order valence-corrected chi connectivity index (χ3v) is 5.06. The van der Waals surface area contributed by atoms with E-state index in [0.29, 0.717) is 25.7 Å². The summed E-state index contributed by atoms with van der Waals surface area (Å²) in [6, 6.07) is 15.9. The molecule has 0 saturated carbocycles. The maximum absolute atomic E-state index is 10.0. The number of aromatic nitrogens is 2. The van der Waals surface area contributed by atoms with Crippen molar-refractivity contribution in [1.82, 2.24) is 14.5 Å². The number of imidazole rings is 1.